The summed E-state index contributed by atoms with van der Waals surface area (Å²) in [6.45, 7) is 0. The van der Waals surface area contributed by atoms with Gasteiger partial charge in [-0.1, -0.05) is 18.2 Å². The first-order valence-electron chi connectivity index (χ1n) is 8.54. The lowest BCUT2D eigenvalue weighted by Gasteiger charge is -2.09. The number of amides is 2. The van der Waals surface area contributed by atoms with Crippen molar-refractivity contribution in [1.29, 1.82) is 0 Å². The quantitative estimate of drug-likeness (QED) is 0.574. The maximum Gasteiger partial charge on any atom is 0.274 e. The first-order valence-corrected chi connectivity index (χ1v) is 8.54. The molecule has 0 fully saturated rings. The third-order valence-electron chi connectivity index (χ3n) is 4.02. The number of nitrogens with zero attached hydrogens (tertiary/aromatic N) is 3. The van der Waals surface area contributed by atoms with Gasteiger partial charge in [0, 0.05) is 30.0 Å². The number of aromatic nitrogens is 3. The Hall–Kier alpha value is -4.13. The van der Waals surface area contributed by atoms with Gasteiger partial charge < -0.3 is 10.6 Å². The van der Waals surface area contributed by atoms with Crippen LogP contribution in [-0.4, -0.2) is 26.8 Å². The van der Waals surface area contributed by atoms with Crippen molar-refractivity contribution in [3.63, 3.8) is 0 Å². The van der Waals surface area contributed by atoms with Crippen LogP contribution in [-0.2, 0) is 0 Å². The van der Waals surface area contributed by atoms with Gasteiger partial charge in [0.1, 0.15) is 11.2 Å². The summed E-state index contributed by atoms with van der Waals surface area (Å²) in [5.74, 6) is -0.632. The molecule has 2 aromatic carbocycles. The van der Waals surface area contributed by atoms with E-state index in [1.807, 2.05) is 0 Å². The van der Waals surface area contributed by atoms with E-state index in [1.54, 1.807) is 79.3 Å². The van der Waals surface area contributed by atoms with Gasteiger partial charge in [0.25, 0.3) is 11.8 Å². The molecule has 2 amide bonds. The number of para-hydroxylation sites is 1. The van der Waals surface area contributed by atoms with E-state index in [1.165, 1.54) is 0 Å². The molecule has 0 saturated heterocycles. The molecule has 0 unspecified atom stereocenters. The Morgan fingerprint density at radius 3 is 2.21 bits per heavy atom. The van der Waals surface area contributed by atoms with Crippen molar-refractivity contribution in [3.05, 3.63) is 90.5 Å². The molecule has 0 aliphatic carbocycles. The summed E-state index contributed by atoms with van der Waals surface area (Å²) in [6.07, 6.45) is 4.68. The average molecular weight is 369 g/mol. The molecule has 0 spiro atoms. The molecule has 0 bridgehead atoms. The highest BCUT2D eigenvalue weighted by atomic mass is 16.2. The summed E-state index contributed by atoms with van der Waals surface area (Å²) in [5, 5.41) is 5.60. The third kappa shape index (κ3) is 3.68. The van der Waals surface area contributed by atoms with Gasteiger partial charge in [-0.15, -0.1) is 0 Å². The Balaban J connectivity index is 1.53. The molecule has 2 N–H and O–H groups in total. The first-order chi connectivity index (χ1) is 13.7. The molecule has 0 aliphatic rings. The summed E-state index contributed by atoms with van der Waals surface area (Å²) in [6, 6.07) is 17.3. The van der Waals surface area contributed by atoms with Gasteiger partial charge in [-0.05, 0) is 42.5 Å². The minimum absolute atomic E-state index is 0.306. The second-order valence-corrected chi connectivity index (χ2v) is 5.93. The number of carbonyl (C=O) groups excluding carboxylic acids is 2. The highest BCUT2D eigenvalue weighted by molar-refractivity contribution is 6.11. The summed E-state index contributed by atoms with van der Waals surface area (Å²) in [7, 11) is 0. The van der Waals surface area contributed by atoms with Crippen molar-refractivity contribution in [3.8, 4) is 0 Å². The summed E-state index contributed by atoms with van der Waals surface area (Å²) >= 11 is 0. The Labute approximate surface area is 160 Å². The molecule has 136 valence electrons. The number of anilines is 2. The minimum atomic E-state index is -0.326. The van der Waals surface area contributed by atoms with Crippen LogP contribution in [0, 0.1) is 0 Å². The lowest BCUT2D eigenvalue weighted by atomic mass is 10.1. The van der Waals surface area contributed by atoms with E-state index in [-0.39, 0.29) is 11.8 Å². The average Bonchev–Trinajstić information content (AvgIpc) is 2.74. The van der Waals surface area contributed by atoms with Crippen LogP contribution in [0.1, 0.15) is 20.8 Å². The molecule has 0 atom stereocenters. The molecule has 7 heteroatoms. The zero-order valence-corrected chi connectivity index (χ0v) is 14.7. The van der Waals surface area contributed by atoms with Crippen molar-refractivity contribution >= 4 is 34.2 Å². The zero-order chi connectivity index (χ0) is 19.3. The predicted octanol–water partition coefficient (Wildman–Crippen LogP) is 3.53. The topological polar surface area (TPSA) is 96.9 Å². The third-order valence-corrected chi connectivity index (χ3v) is 4.02. The maximum atomic E-state index is 12.7. The molecule has 7 nitrogen and oxygen atoms in total. The van der Waals surface area contributed by atoms with Crippen molar-refractivity contribution in [2.45, 2.75) is 0 Å². The van der Waals surface area contributed by atoms with E-state index in [0.29, 0.717) is 33.7 Å². The number of benzene rings is 2. The van der Waals surface area contributed by atoms with Crippen LogP contribution < -0.4 is 10.6 Å². The van der Waals surface area contributed by atoms with Crippen LogP contribution in [0.4, 0.5) is 11.4 Å². The van der Waals surface area contributed by atoms with Gasteiger partial charge >= 0.3 is 0 Å². The summed E-state index contributed by atoms with van der Waals surface area (Å²) < 4.78 is 0. The van der Waals surface area contributed by atoms with Gasteiger partial charge in [-0.25, -0.2) is 0 Å². The van der Waals surface area contributed by atoms with E-state index in [2.05, 4.69) is 25.6 Å². The van der Waals surface area contributed by atoms with E-state index < -0.39 is 0 Å². The van der Waals surface area contributed by atoms with E-state index in [4.69, 9.17) is 0 Å². The number of pyridine rings is 1. The maximum absolute atomic E-state index is 12.7. The smallest absolute Gasteiger partial charge is 0.274 e. The lowest BCUT2D eigenvalue weighted by molar-refractivity contribution is 0.101. The van der Waals surface area contributed by atoms with Gasteiger partial charge in [0.05, 0.1) is 11.1 Å². The standard InChI is InChI=1S/C21H15N5O2/c27-20(16-7-4-9-17-19(16)24-12-11-23-17)25-14-5-3-6-15(13-14)26-21(28)18-8-1-2-10-22-18/h1-13H,(H,25,27)(H,26,28). The van der Waals surface area contributed by atoms with Gasteiger partial charge in [0.2, 0.25) is 0 Å². The lowest BCUT2D eigenvalue weighted by Crippen LogP contribution is -2.15. The molecule has 0 aliphatic heterocycles. The van der Waals surface area contributed by atoms with Crippen LogP contribution in [0.3, 0.4) is 0 Å². The molecule has 2 aromatic heterocycles. The zero-order valence-electron chi connectivity index (χ0n) is 14.7. The van der Waals surface area contributed by atoms with E-state index in [9.17, 15) is 9.59 Å². The molecular formula is C21H15N5O2. The van der Waals surface area contributed by atoms with E-state index >= 15 is 0 Å². The fourth-order valence-electron chi connectivity index (χ4n) is 2.74. The van der Waals surface area contributed by atoms with Crippen molar-refractivity contribution in [2.24, 2.45) is 0 Å². The van der Waals surface area contributed by atoms with Crippen molar-refractivity contribution in [1.82, 2.24) is 15.0 Å². The molecule has 4 rings (SSSR count). The Bertz CT molecular complexity index is 1160. The van der Waals surface area contributed by atoms with Gasteiger partial charge in [-0.3, -0.25) is 24.5 Å². The first kappa shape index (κ1) is 17.3. The van der Waals surface area contributed by atoms with Crippen LogP contribution in [0.2, 0.25) is 0 Å². The SMILES string of the molecule is O=C(Nc1cccc(NC(=O)c2cccc3nccnc23)c1)c1ccccn1. The fraction of sp³-hybridized carbons (Fsp3) is 0. The van der Waals surface area contributed by atoms with Crippen molar-refractivity contribution < 1.29 is 9.59 Å². The molecule has 0 radical (unpaired) electrons. The second-order valence-electron chi connectivity index (χ2n) is 5.93. The Morgan fingerprint density at radius 2 is 1.43 bits per heavy atom. The normalized spacial score (nSPS) is 10.4. The number of hydrogen-bond acceptors (Lipinski definition) is 5. The molecule has 0 saturated carbocycles. The van der Waals surface area contributed by atoms with Crippen LogP contribution in [0.5, 0.6) is 0 Å². The second kappa shape index (κ2) is 7.63. The van der Waals surface area contributed by atoms with Crippen LogP contribution >= 0.6 is 0 Å². The number of fused-ring (bicyclic) bond motifs is 1. The molecular weight excluding hydrogens is 354 g/mol. The van der Waals surface area contributed by atoms with E-state index in [0.717, 1.165) is 0 Å². The Morgan fingerprint density at radius 1 is 0.679 bits per heavy atom. The number of carbonyl (C=O) groups is 2. The summed E-state index contributed by atoms with van der Waals surface area (Å²) in [4.78, 5) is 37.4. The highest BCUT2D eigenvalue weighted by Crippen LogP contribution is 2.19. The van der Waals surface area contributed by atoms with Gasteiger partial charge in [-0.2, -0.15) is 0 Å². The molecule has 4 aromatic rings. The molecule has 28 heavy (non-hydrogen) atoms. The fourth-order valence-corrected chi connectivity index (χ4v) is 2.74. The highest BCUT2D eigenvalue weighted by Gasteiger charge is 2.12. The number of hydrogen-bond donors (Lipinski definition) is 2. The predicted molar refractivity (Wildman–Crippen MR) is 106 cm³/mol. The Kier molecular flexibility index (Phi) is 4.71. The summed E-state index contributed by atoms with van der Waals surface area (Å²) in [5.41, 5.74) is 3.00. The number of nitrogens with one attached hydrogen (secondary N) is 2. The monoisotopic (exact) mass is 369 g/mol. The molecule has 2 heterocycles. The largest absolute Gasteiger partial charge is 0.322 e. The van der Waals surface area contributed by atoms with Crippen LogP contribution in [0.15, 0.2) is 79.3 Å². The van der Waals surface area contributed by atoms with Crippen LogP contribution in [0.25, 0.3) is 11.0 Å². The van der Waals surface area contributed by atoms with Crippen molar-refractivity contribution in [2.75, 3.05) is 10.6 Å². The minimum Gasteiger partial charge on any atom is -0.322 e. The van der Waals surface area contributed by atoms with Gasteiger partial charge in [0.15, 0.2) is 0 Å². The number of rotatable bonds is 4.